The Hall–Kier alpha value is -1.03. The number of rotatable bonds is 8. The molecule has 0 atom stereocenters. The lowest BCUT2D eigenvalue weighted by molar-refractivity contribution is 0.125. The van der Waals surface area contributed by atoms with Gasteiger partial charge >= 0.3 is 0 Å². The van der Waals surface area contributed by atoms with Gasteiger partial charge in [-0.1, -0.05) is 43.6 Å². The van der Waals surface area contributed by atoms with E-state index in [1.165, 1.54) is 0 Å². The molecule has 1 aromatic heterocycles. The van der Waals surface area contributed by atoms with Gasteiger partial charge in [0.15, 0.2) is 0 Å². The minimum Gasteiger partial charge on any atom is -0.380 e. The first-order valence-corrected chi connectivity index (χ1v) is 7.60. The van der Waals surface area contributed by atoms with Crippen LogP contribution in [0.25, 0.3) is 10.9 Å². The molecule has 0 fully saturated rings. The monoisotopic (exact) mass is 294 g/mol. The molecule has 0 saturated heterocycles. The third kappa shape index (κ3) is 4.23. The first kappa shape index (κ1) is 15.4. The highest BCUT2D eigenvalue weighted by Gasteiger charge is 2.07. The van der Waals surface area contributed by atoms with Gasteiger partial charge in [0.1, 0.15) is 0 Å². The highest BCUT2D eigenvalue weighted by molar-refractivity contribution is 6.36. The van der Waals surface area contributed by atoms with Crippen molar-refractivity contribution in [2.75, 3.05) is 19.8 Å². The number of aromatic nitrogens is 1. The molecule has 0 radical (unpaired) electrons. The summed E-state index contributed by atoms with van der Waals surface area (Å²) in [6.45, 7) is 7.57. The van der Waals surface area contributed by atoms with Crippen LogP contribution in [0.3, 0.4) is 0 Å². The van der Waals surface area contributed by atoms with E-state index in [1.807, 2.05) is 24.3 Å². The maximum atomic E-state index is 6.35. The molecule has 2 aromatic rings. The molecule has 0 spiro atoms. The van der Waals surface area contributed by atoms with Crippen LogP contribution in [0.2, 0.25) is 5.02 Å². The number of hydrogen-bond acceptors (Lipinski definition) is 2. The zero-order chi connectivity index (χ0) is 14.4. The highest BCUT2D eigenvalue weighted by atomic mass is 35.5. The van der Waals surface area contributed by atoms with Crippen molar-refractivity contribution in [3.63, 3.8) is 0 Å². The van der Waals surface area contributed by atoms with Crippen molar-refractivity contribution in [1.29, 1.82) is 0 Å². The lowest BCUT2D eigenvalue weighted by Crippen LogP contribution is -2.20. The summed E-state index contributed by atoms with van der Waals surface area (Å²) in [5.74, 6) is 0.702. The second-order valence-corrected chi connectivity index (χ2v) is 5.81. The van der Waals surface area contributed by atoms with Crippen LogP contribution >= 0.6 is 11.6 Å². The third-order valence-corrected chi connectivity index (χ3v) is 3.71. The largest absolute Gasteiger partial charge is 0.380 e. The molecule has 1 aromatic carbocycles. The summed E-state index contributed by atoms with van der Waals surface area (Å²) in [5.41, 5.74) is 2.12. The molecule has 3 nitrogen and oxygen atoms in total. The molecular weight excluding hydrogens is 272 g/mol. The Balaban J connectivity index is 1.72. The van der Waals surface area contributed by atoms with Gasteiger partial charge in [-0.15, -0.1) is 0 Å². The number of hydrogen-bond donors (Lipinski definition) is 2. The number of nitrogens with one attached hydrogen (secondary N) is 2. The number of ether oxygens (including phenoxy) is 1. The molecule has 2 rings (SSSR count). The van der Waals surface area contributed by atoms with E-state index >= 15 is 0 Å². The fourth-order valence-electron chi connectivity index (χ4n) is 2.06. The Bertz CT molecular complexity index is 536. The van der Waals surface area contributed by atoms with E-state index in [1.54, 1.807) is 0 Å². The Morgan fingerprint density at radius 3 is 2.80 bits per heavy atom. The Morgan fingerprint density at radius 1 is 1.25 bits per heavy atom. The van der Waals surface area contributed by atoms with Crippen LogP contribution < -0.4 is 5.32 Å². The zero-order valence-corrected chi connectivity index (χ0v) is 13.0. The summed E-state index contributed by atoms with van der Waals surface area (Å²) in [7, 11) is 0. The number of benzene rings is 1. The molecule has 110 valence electrons. The second-order valence-electron chi connectivity index (χ2n) is 5.43. The minimum atomic E-state index is 0.702. The SMILES string of the molecule is CC(C)CCOCCNCc1[nH]c2ccccc2c1Cl. The lowest BCUT2D eigenvalue weighted by atomic mass is 10.1. The molecule has 2 N–H and O–H groups in total. The van der Waals surface area contributed by atoms with Crippen molar-refractivity contribution in [2.24, 2.45) is 5.92 Å². The van der Waals surface area contributed by atoms with Crippen LogP contribution in [-0.4, -0.2) is 24.7 Å². The van der Waals surface area contributed by atoms with Gasteiger partial charge in [0.25, 0.3) is 0 Å². The smallest absolute Gasteiger partial charge is 0.0705 e. The predicted molar refractivity (Wildman–Crippen MR) is 85.3 cm³/mol. The Kier molecular flexibility index (Phi) is 5.89. The molecule has 0 aliphatic carbocycles. The van der Waals surface area contributed by atoms with Gasteiger partial charge in [-0.2, -0.15) is 0 Å². The summed E-state index contributed by atoms with van der Waals surface area (Å²) >= 11 is 6.35. The van der Waals surface area contributed by atoms with E-state index in [0.29, 0.717) is 5.92 Å². The van der Waals surface area contributed by atoms with Crippen LogP contribution in [0.1, 0.15) is 26.0 Å². The first-order valence-electron chi connectivity index (χ1n) is 7.22. The fraction of sp³-hybridized carbons (Fsp3) is 0.500. The van der Waals surface area contributed by atoms with Crippen LogP contribution in [0.15, 0.2) is 24.3 Å². The van der Waals surface area contributed by atoms with Crippen molar-refractivity contribution >= 4 is 22.5 Å². The van der Waals surface area contributed by atoms with Crippen molar-refractivity contribution in [1.82, 2.24) is 10.3 Å². The molecule has 0 aliphatic heterocycles. The van der Waals surface area contributed by atoms with E-state index in [-0.39, 0.29) is 0 Å². The molecule has 20 heavy (non-hydrogen) atoms. The highest BCUT2D eigenvalue weighted by Crippen LogP contribution is 2.26. The van der Waals surface area contributed by atoms with Gasteiger partial charge in [0.2, 0.25) is 0 Å². The Labute approximate surface area is 125 Å². The van der Waals surface area contributed by atoms with Crippen molar-refractivity contribution in [2.45, 2.75) is 26.8 Å². The maximum absolute atomic E-state index is 6.35. The molecule has 0 amide bonds. The van der Waals surface area contributed by atoms with Crippen molar-refractivity contribution < 1.29 is 4.74 Å². The zero-order valence-electron chi connectivity index (χ0n) is 12.2. The third-order valence-electron chi connectivity index (χ3n) is 3.28. The molecule has 0 bridgehead atoms. The lowest BCUT2D eigenvalue weighted by Gasteiger charge is -2.07. The van der Waals surface area contributed by atoms with Crippen LogP contribution in [0.4, 0.5) is 0 Å². The van der Waals surface area contributed by atoms with Gasteiger partial charge in [0, 0.05) is 36.3 Å². The summed E-state index contributed by atoms with van der Waals surface area (Å²) in [6.07, 6.45) is 1.12. The van der Waals surface area contributed by atoms with E-state index in [9.17, 15) is 0 Å². The van der Waals surface area contributed by atoms with Crippen molar-refractivity contribution in [3.8, 4) is 0 Å². The molecular formula is C16H23ClN2O. The molecule has 0 saturated carbocycles. The number of aromatic amines is 1. The van der Waals surface area contributed by atoms with Gasteiger partial charge in [-0.05, 0) is 18.4 Å². The van der Waals surface area contributed by atoms with Gasteiger partial charge < -0.3 is 15.0 Å². The van der Waals surface area contributed by atoms with E-state index in [0.717, 1.165) is 54.3 Å². The predicted octanol–water partition coefficient (Wildman–Crippen LogP) is 3.97. The van der Waals surface area contributed by atoms with E-state index in [2.05, 4.69) is 24.1 Å². The normalized spacial score (nSPS) is 11.6. The average Bonchev–Trinajstić information content (AvgIpc) is 2.75. The maximum Gasteiger partial charge on any atom is 0.0705 e. The van der Waals surface area contributed by atoms with E-state index < -0.39 is 0 Å². The van der Waals surface area contributed by atoms with Crippen LogP contribution in [0.5, 0.6) is 0 Å². The van der Waals surface area contributed by atoms with Gasteiger partial charge in [-0.25, -0.2) is 0 Å². The molecule has 0 aliphatic rings. The number of fused-ring (bicyclic) bond motifs is 1. The molecule has 0 unspecified atom stereocenters. The van der Waals surface area contributed by atoms with E-state index in [4.69, 9.17) is 16.3 Å². The van der Waals surface area contributed by atoms with Crippen LogP contribution in [-0.2, 0) is 11.3 Å². The Morgan fingerprint density at radius 2 is 2.05 bits per heavy atom. The second kappa shape index (κ2) is 7.67. The van der Waals surface area contributed by atoms with Gasteiger partial charge in [-0.3, -0.25) is 0 Å². The first-order chi connectivity index (χ1) is 9.68. The number of halogens is 1. The standard InChI is InChI=1S/C16H23ClN2O/c1-12(2)7-9-20-10-8-18-11-15-16(17)13-5-3-4-6-14(13)19-15/h3-6,12,18-19H,7-11H2,1-2H3. The summed E-state index contributed by atoms with van der Waals surface area (Å²) in [5, 5.41) is 5.25. The fourth-order valence-corrected chi connectivity index (χ4v) is 2.34. The number of para-hydroxylation sites is 1. The summed E-state index contributed by atoms with van der Waals surface area (Å²) in [4.78, 5) is 3.35. The van der Waals surface area contributed by atoms with Crippen LogP contribution in [0, 0.1) is 5.92 Å². The van der Waals surface area contributed by atoms with Crippen molar-refractivity contribution in [3.05, 3.63) is 35.0 Å². The van der Waals surface area contributed by atoms with Gasteiger partial charge in [0.05, 0.1) is 11.6 Å². The minimum absolute atomic E-state index is 0.702. The molecule has 1 heterocycles. The number of H-pyrrole nitrogens is 1. The average molecular weight is 295 g/mol. The summed E-state index contributed by atoms with van der Waals surface area (Å²) < 4.78 is 5.57. The molecule has 4 heteroatoms. The summed E-state index contributed by atoms with van der Waals surface area (Å²) in [6, 6.07) is 8.09. The quantitative estimate of drug-likeness (QED) is 0.723. The topological polar surface area (TPSA) is 37.0 Å².